The van der Waals surface area contributed by atoms with Gasteiger partial charge in [0.25, 0.3) is 0 Å². The SMILES string of the molecule is O=C1CN(CCCc2ccccc2)[C@@H]2CS(=O)(=O)C[C@H]2N1c1ccc(Br)cc1. The number of aryl methyl sites for hydroxylation is 1. The van der Waals surface area contributed by atoms with Gasteiger partial charge < -0.3 is 4.90 Å². The molecule has 28 heavy (non-hydrogen) atoms. The van der Waals surface area contributed by atoms with Crippen LogP contribution in [0.4, 0.5) is 5.69 Å². The van der Waals surface area contributed by atoms with E-state index < -0.39 is 9.84 Å². The number of sulfone groups is 1. The Kier molecular flexibility index (Phi) is 5.58. The Balaban J connectivity index is 1.52. The van der Waals surface area contributed by atoms with Crippen LogP contribution in [0.15, 0.2) is 59.1 Å². The zero-order chi connectivity index (χ0) is 19.7. The zero-order valence-corrected chi connectivity index (χ0v) is 17.9. The average molecular weight is 463 g/mol. The van der Waals surface area contributed by atoms with Crippen molar-refractivity contribution < 1.29 is 13.2 Å². The van der Waals surface area contributed by atoms with E-state index in [0.717, 1.165) is 29.5 Å². The monoisotopic (exact) mass is 462 g/mol. The smallest absolute Gasteiger partial charge is 0.241 e. The number of carbonyl (C=O) groups excluding carboxylic acids is 1. The highest BCUT2D eigenvalue weighted by Gasteiger charge is 2.49. The minimum atomic E-state index is -3.16. The summed E-state index contributed by atoms with van der Waals surface area (Å²) in [7, 11) is -3.16. The molecule has 0 N–H and O–H groups in total. The molecule has 2 aromatic carbocycles. The third-order valence-corrected chi connectivity index (χ3v) is 7.79. The Labute approximate surface area is 174 Å². The first kappa shape index (κ1) is 19.6. The molecule has 2 atom stereocenters. The first-order chi connectivity index (χ1) is 13.4. The van der Waals surface area contributed by atoms with E-state index in [2.05, 4.69) is 33.0 Å². The Morgan fingerprint density at radius 1 is 0.964 bits per heavy atom. The van der Waals surface area contributed by atoms with Gasteiger partial charge in [0.15, 0.2) is 9.84 Å². The molecule has 0 radical (unpaired) electrons. The van der Waals surface area contributed by atoms with Gasteiger partial charge in [-0.05, 0) is 49.2 Å². The van der Waals surface area contributed by atoms with E-state index in [0.29, 0.717) is 0 Å². The van der Waals surface area contributed by atoms with Crippen molar-refractivity contribution in [2.45, 2.75) is 24.9 Å². The van der Waals surface area contributed by atoms with E-state index >= 15 is 0 Å². The van der Waals surface area contributed by atoms with Crippen LogP contribution in [0.3, 0.4) is 0 Å². The van der Waals surface area contributed by atoms with Crippen LogP contribution in [0.2, 0.25) is 0 Å². The Morgan fingerprint density at radius 2 is 1.64 bits per heavy atom. The van der Waals surface area contributed by atoms with E-state index in [1.54, 1.807) is 4.90 Å². The molecule has 7 heteroatoms. The van der Waals surface area contributed by atoms with Crippen molar-refractivity contribution in [2.75, 3.05) is 29.5 Å². The molecule has 148 valence electrons. The van der Waals surface area contributed by atoms with E-state index in [9.17, 15) is 13.2 Å². The van der Waals surface area contributed by atoms with Crippen molar-refractivity contribution in [2.24, 2.45) is 0 Å². The minimum absolute atomic E-state index is 0.0274. The maximum Gasteiger partial charge on any atom is 0.241 e. The molecule has 2 fully saturated rings. The molecule has 1 amide bonds. The first-order valence-corrected chi connectivity index (χ1v) is 12.1. The third-order valence-electron chi connectivity index (χ3n) is 5.56. The van der Waals surface area contributed by atoms with Crippen LogP contribution in [0.25, 0.3) is 0 Å². The van der Waals surface area contributed by atoms with Crippen LogP contribution < -0.4 is 4.90 Å². The predicted molar refractivity (Wildman–Crippen MR) is 114 cm³/mol. The van der Waals surface area contributed by atoms with Crippen molar-refractivity contribution in [1.82, 2.24) is 4.90 Å². The quantitative estimate of drug-likeness (QED) is 0.685. The van der Waals surface area contributed by atoms with Gasteiger partial charge in [-0.2, -0.15) is 0 Å². The number of benzene rings is 2. The van der Waals surface area contributed by atoms with E-state index in [1.807, 2.05) is 42.5 Å². The molecule has 0 aliphatic carbocycles. The van der Waals surface area contributed by atoms with Gasteiger partial charge >= 0.3 is 0 Å². The topological polar surface area (TPSA) is 57.7 Å². The molecule has 0 aromatic heterocycles. The van der Waals surface area contributed by atoms with Gasteiger partial charge in [0.05, 0.1) is 24.1 Å². The van der Waals surface area contributed by atoms with E-state index in [-0.39, 0.29) is 36.0 Å². The van der Waals surface area contributed by atoms with Gasteiger partial charge in [0.2, 0.25) is 5.91 Å². The molecule has 4 rings (SSSR count). The van der Waals surface area contributed by atoms with Crippen LogP contribution in [0, 0.1) is 0 Å². The number of amides is 1. The minimum Gasteiger partial charge on any atom is -0.306 e. The largest absolute Gasteiger partial charge is 0.306 e. The lowest BCUT2D eigenvalue weighted by Gasteiger charge is -2.43. The normalized spacial score (nSPS) is 24.3. The van der Waals surface area contributed by atoms with Gasteiger partial charge in [-0.25, -0.2) is 8.42 Å². The summed E-state index contributed by atoms with van der Waals surface area (Å²) in [4.78, 5) is 16.7. The highest BCUT2D eigenvalue weighted by Crippen LogP contribution is 2.32. The molecule has 2 heterocycles. The molecule has 2 aliphatic heterocycles. The second kappa shape index (κ2) is 7.97. The van der Waals surface area contributed by atoms with Crippen LogP contribution in [0.5, 0.6) is 0 Å². The Bertz CT molecular complexity index is 947. The standard InChI is InChI=1S/C21H23BrN2O3S/c22-17-8-10-18(11-9-17)24-20-15-28(26,27)14-19(20)23(13-21(24)25)12-4-7-16-5-2-1-3-6-16/h1-3,5-6,8-11,19-20H,4,7,12-15H2/t19-,20-/m1/s1. The number of anilines is 1. The predicted octanol–water partition coefficient (Wildman–Crippen LogP) is 2.90. The molecule has 2 aromatic rings. The highest BCUT2D eigenvalue weighted by molar-refractivity contribution is 9.10. The fourth-order valence-corrected chi connectivity index (χ4v) is 6.52. The molecular weight excluding hydrogens is 440 g/mol. The summed E-state index contributed by atoms with van der Waals surface area (Å²) in [5.74, 6) is 0.137. The maximum absolute atomic E-state index is 13.0. The Morgan fingerprint density at radius 3 is 2.36 bits per heavy atom. The number of fused-ring (bicyclic) bond motifs is 1. The number of piperazine rings is 1. The van der Waals surface area contributed by atoms with Gasteiger partial charge in [0.1, 0.15) is 0 Å². The second-order valence-corrected chi connectivity index (χ2v) is 10.6. The number of carbonyl (C=O) groups is 1. The molecule has 2 aliphatic rings. The molecule has 0 saturated carbocycles. The maximum atomic E-state index is 13.0. The van der Waals surface area contributed by atoms with Gasteiger partial charge in [-0.1, -0.05) is 46.3 Å². The Hall–Kier alpha value is -1.70. The van der Waals surface area contributed by atoms with Gasteiger partial charge in [-0.3, -0.25) is 9.69 Å². The molecule has 0 spiro atoms. The van der Waals surface area contributed by atoms with Crippen molar-refractivity contribution >= 4 is 37.4 Å². The summed E-state index contributed by atoms with van der Waals surface area (Å²) < 4.78 is 25.7. The molecule has 2 saturated heterocycles. The number of rotatable bonds is 5. The van der Waals surface area contributed by atoms with Crippen molar-refractivity contribution in [1.29, 1.82) is 0 Å². The molecule has 5 nitrogen and oxygen atoms in total. The van der Waals surface area contributed by atoms with Crippen molar-refractivity contribution in [3.63, 3.8) is 0 Å². The van der Waals surface area contributed by atoms with Crippen LogP contribution >= 0.6 is 15.9 Å². The highest BCUT2D eigenvalue weighted by atomic mass is 79.9. The second-order valence-electron chi connectivity index (χ2n) is 7.51. The van der Waals surface area contributed by atoms with E-state index in [4.69, 9.17) is 0 Å². The molecule has 0 unspecified atom stereocenters. The summed E-state index contributed by atoms with van der Waals surface area (Å²) in [5.41, 5.74) is 2.03. The molecule has 0 bridgehead atoms. The first-order valence-electron chi connectivity index (χ1n) is 9.49. The lowest BCUT2D eigenvalue weighted by atomic mass is 10.0. The van der Waals surface area contributed by atoms with Gasteiger partial charge in [0, 0.05) is 16.2 Å². The molecular formula is C21H23BrN2O3S. The fourth-order valence-electron chi connectivity index (χ4n) is 4.27. The van der Waals surface area contributed by atoms with Crippen LogP contribution in [0.1, 0.15) is 12.0 Å². The summed E-state index contributed by atoms with van der Waals surface area (Å²) >= 11 is 3.41. The summed E-state index contributed by atoms with van der Waals surface area (Å²) in [6.45, 7) is 0.993. The summed E-state index contributed by atoms with van der Waals surface area (Å²) in [6.07, 6.45) is 1.82. The number of nitrogens with zero attached hydrogens (tertiary/aromatic N) is 2. The summed E-state index contributed by atoms with van der Waals surface area (Å²) in [6, 6.07) is 17.3. The number of hydrogen-bond acceptors (Lipinski definition) is 4. The zero-order valence-electron chi connectivity index (χ0n) is 15.5. The number of halogens is 1. The van der Waals surface area contributed by atoms with Crippen molar-refractivity contribution in [3.05, 3.63) is 64.6 Å². The van der Waals surface area contributed by atoms with Gasteiger partial charge in [-0.15, -0.1) is 0 Å². The third kappa shape index (κ3) is 4.16. The lowest BCUT2D eigenvalue weighted by Crippen LogP contribution is -2.62. The van der Waals surface area contributed by atoms with Crippen LogP contribution in [-0.2, 0) is 21.1 Å². The average Bonchev–Trinajstić information content (AvgIpc) is 2.99. The summed E-state index contributed by atoms with van der Waals surface area (Å²) in [5, 5.41) is 0. The van der Waals surface area contributed by atoms with Crippen molar-refractivity contribution in [3.8, 4) is 0 Å². The van der Waals surface area contributed by atoms with Crippen LogP contribution in [-0.4, -0.2) is 55.9 Å². The lowest BCUT2D eigenvalue weighted by molar-refractivity contribution is -0.123. The fraction of sp³-hybridized carbons (Fsp3) is 0.381. The number of hydrogen-bond donors (Lipinski definition) is 0. The van der Waals surface area contributed by atoms with E-state index in [1.165, 1.54) is 5.56 Å².